The van der Waals surface area contributed by atoms with E-state index in [0.29, 0.717) is 10.7 Å². The quantitative estimate of drug-likeness (QED) is 0.875. The molecule has 4 nitrogen and oxygen atoms in total. The lowest BCUT2D eigenvalue weighted by atomic mass is 10.2. The molecular formula is C17H19ClN2O2. The average molecular weight is 319 g/mol. The SMILES string of the molecule is COc1ccc(NCC(=O)Nc2ccc(C)cc2Cl)c(C)c1. The van der Waals surface area contributed by atoms with E-state index in [-0.39, 0.29) is 12.5 Å². The monoisotopic (exact) mass is 318 g/mol. The van der Waals surface area contributed by atoms with Crippen molar-refractivity contribution in [3.05, 3.63) is 52.5 Å². The first-order valence-electron chi connectivity index (χ1n) is 6.94. The van der Waals surface area contributed by atoms with Gasteiger partial charge in [-0.2, -0.15) is 0 Å². The van der Waals surface area contributed by atoms with Crippen molar-refractivity contribution in [1.82, 2.24) is 0 Å². The number of ether oxygens (including phenoxy) is 1. The smallest absolute Gasteiger partial charge is 0.243 e. The zero-order chi connectivity index (χ0) is 16.1. The van der Waals surface area contributed by atoms with Gasteiger partial charge in [0, 0.05) is 5.69 Å². The van der Waals surface area contributed by atoms with Crippen LogP contribution < -0.4 is 15.4 Å². The maximum absolute atomic E-state index is 12.0. The summed E-state index contributed by atoms with van der Waals surface area (Å²) in [6.07, 6.45) is 0. The summed E-state index contributed by atoms with van der Waals surface area (Å²) >= 11 is 6.10. The second-order valence-corrected chi connectivity index (χ2v) is 5.47. The highest BCUT2D eigenvalue weighted by Crippen LogP contribution is 2.23. The minimum Gasteiger partial charge on any atom is -0.497 e. The van der Waals surface area contributed by atoms with Crippen LogP contribution in [0.2, 0.25) is 5.02 Å². The van der Waals surface area contributed by atoms with Crippen LogP contribution in [0.1, 0.15) is 11.1 Å². The van der Waals surface area contributed by atoms with E-state index in [0.717, 1.165) is 22.6 Å². The lowest BCUT2D eigenvalue weighted by Crippen LogP contribution is -2.22. The molecule has 2 N–H and O–H groups in total. The Labute approximate surface area is 135 Å². The first kappa shape index (κ1) is 16.2. The van der Waals surface area contributed by atoms with Crippen LogP contribution in [0, 0.1) is 13.8 Å². The molecule has 0 aliphatic heterocycles. The van der Waals surface area contributed by atoms with E-state index in [4.69, 9.17) is 16.3 Å². The highest BCUT2D eigenvalue weighted by Gasteiger charge is 2.07. The molecule has 1 amide bonds. The number of carbonyl (C=O) groups is 1. The van der Waals surface area contributed by atoms with Gasteiger partial charge in [-0.3, -0.25) is 4.79 Å². The number of aryl methyl sites for hydroxylation is 2. The van der Waals surface area contributed by atoms with Gasteiger partial charge in [-0.05, 0) is 55.3 Å². The Morgan fingerprint density at radius 1 is 1.14 bits per heavy atom. The van der Waals surface area contributed by atoms with Crippen molar-refractivity contribution in [2.75, 3.05) is 24.3 Å². The van der Waals surface area contributed by atoms with Crippen LogP contribution in [0.25, 0.3) is 0 Å². The fourth-order valence-corrected chi connectivity index (χ4v) is 2.34. The molecule has 0 unspecified atom stereocenters. The third kappa shape index (κ3) is 4.15. The van der Waals surface area contributed by atoms with Gasteiger partial charge in [-0.1, -0.05) is 17.7 Å². The third-order valence-corrected chi connectivity index (χ3v) is 3.58. The van der Waals surface area contributed by atoms with Gasteiger partial charge in [0.25, 0.3) is 0 Å². The van der Waals surface area contributed by atoms with Crippen molar-refractivity contribution < 1.29 is 9.53 Å². The Morgan fingerprint density at radius 3 is 2.50 bits per heavy atom. The molecule has 0 heterocycles. The summed E-state index contributed by atoms with van der Waals surface area (Å²) in [6, 6.07) is 11.2. The summed E-state index contributed by atoms with van der Waals surface area (Å²) in [5.41, 5.74) is 3.58. The maximum atomic E-state index is 12.0. The molecule has 0 spiro atoms. The number of carbonyl (C=O) groups excluding carboxylic acids is 1. The van der Waals surface area contributed by atoms with Crippen LogP contribution in [0.5, 0.6) is 5.75 Å². The van der Waals surface area contributed by atoms with E-state index in [9.17, 15) is 4.79 Å². The second kappa shape index (κ2) is 7.18. The molecule has 0 bridgehead atoms. The zero-order valence-corrected chi connectivity index (χ0v) is 13.6. The van der Waals surface area contributed by atoms with Crippen molar-refractivity contribution >= 4 is 28.9 Å². The van der Waals surface area contributed by atoms with Gasteiger partial charge in [0.2, 0.25) is 5.91 Å². The predicted octanol–water partition coefficient (Wildman–Crippen LogP) is 4.02. The van der Waals surface area contributed by atoms with Gasteiger partial charge in [-0.15, -0.1) is 0 Å². The Balaban J connectivity index is 1.95. The largest absolute Gasteiger partial charge is 0.497 e. The molecule has 2 rings (SSSR count). The number of hydrogen-bond donors (Lipinski definition) is 2. The number of amides is 1. The van der Waals surface area contributed by atoms with E-state index >= 15 is 0 Å². The van der Waals surface area contributed by atoms with Gasteiger partial charge in [0.1, 0.15) is 5.75 Å². The lowest BCUT2D eigenvalue weighted by molar-refractivity contribution is -0.114. The molecule has 0 saturated heterocycles. The Bertz CT molecular complexity index is 686. The summed E-state index contributed by atoms with van der Waals surface area (Å²) in [6.45, 7) is 4.07. The minimum absolute atomic E-state index is 0.152. The van der Waals surface area contributed by atoms with Crippen LogP contribution in [-0.2, 0) is 4.79 Å². The van der Waals surface area contributed by atoms with Crippen LogP contribution >= 0.6 is 11.6 Å². The van der Waals surface area contributed by atoms with Crippen molar-refractivity contribution in [2.45, 2.75) is 13.8 Å². The van der Waals surface area contributed by atoms with Gasteiger partial charge in [-0.25, -0.2) is 0 Å². The molecule has 5 heteroatoms. The van der Waals surface area contributed by atoms with Gasteiger partial charge < -0.3 is 15.4 Å². The van der Waals surface area contributed by atoms with Crippen molar-refractivity contribution in [2.24, 2.45) is 0 Å². The van der Waals surface area contributed by atoms with Gasteiger partial charge in [0.05, 0.1) is 24.4 Å². The Kier molecular flexibility index (Phi) is 5.28. The molecule has 0 fully saturated rings. The number of rotatable bonds is 5. The maximum Gasteiger partial charge on any atom is 0.243 e. The Morgan fingerprint density at radius 2 is 1.86 bits per heavy atom. The highest BCUT2D eigenvalue weighted by molar-refractivity contribution is 6.33. The Hall–Kier alpha value is -2.20. The van der Waals surface area contributed by atoms with E-state index in [1.54, 1.807) is 13.2 Å². The summed E-state index contributed by atoms with van der Waals surface area (Å²) in [5, 5.41) is 6.43. The summed E-state index contributed by atoms with van der Waals surface area (Å²) in [5.74, 6) is 0.639. The molecule has 0 aliphatic carbocycles. The molecule has 0 saturated carbocycles. The second-order valence-electron chi connectivity index (χ2n) is 5.07. The van der Waals surface area contributed by atoms with Crippen LogP contribution in [-0.4, -0.2) is 19.6 Å². The third-order valence-electron chi connectivity index (χ3n) is 3.27. The lowest BCUT2D eigenvalue weighted by Gasteiger charge is -2.12. The van der Waals surface area contributed by atoms with Gasteiger partial charge >= 0.3 is 0 Å². The topological polar surface area (TPSA) is 50.4 Å². The molecule has 0 aliphatic rings. The van der Waals surface area contributed by atoms with E-state index < -0.39 is 0 Å². The van der Waals surface area contributed by atoms with Crippen LogP contribution in [0.3, 0.4) is 0 Å². The normalized spacial score (nSPS) is 10.2. The number of halogens is 1. The molecule has 0 aromatic heterocycles. The number of benzene rings is 2. The van der Waals surface area contributed by atoms with Crippen LogP contribution in [0.4, 0.5) is 11.4 Å². The summed E-state index contributed by atoms with van der Waals surface area (Å²) < 4.78 is 5.16. The summed E-state index contributed by atoms with van der Waals surface area (Å²) in [7, 11) is 1.63. The highest BCUT2D eigenvalue weighted by atomic mass is 35.5. The molecule has 0 atom stereocenters. The van der Waals surface area contributed by atoms with E-state index in [1.807, 2.05) is 44.2 Å². The number of hydrogen-bond acceptors (Lipinski definition) is 3. The molecule has 2 aromatic carbocycles. The molecule has 116 valence electrons. The minimum atomic E-state index is -0.152. The fraction of sp³-hybridized carbons (Fsp3) is 0.235. The predicted molar refractivity (Wildman–Crippen MR) is 91.0 cm³/mol. The average Bonchev–Trinajstić information content (AvgIpc) is 2.48. The number of methoxy groups -OCH3 is 1. The van der Waals surface area contributed by atoms with Crippen molar-refractivity contribution in [1.29, 1.82) is 0 Å². The molecule has 0 radical (unpaired) electrons. The molecule has 2 aromatic rings. The molecular weight excluding hydrogens is 300 g/mol. The van der Waals surface area contributed by atoms with Crippen LogP contribution in [0.15, 0.2) is 36.4 Å². The van der Waals surface area contributed by atoms with Crippen molar-refractivity contribution in [3.8, 4) is 5.75 Å². The number of anilines is 2. The standard InChI is InChI=1S/C17H19ClN2O2/c1-11-4-6-16(14(18)8-11)20-17(21)10-19-15-7-5-13(22-3)9-12(15)2/h4-9,19H,10H2,1-3H3,(H,20,21). The first-order chi connectivity index (χ1) is 10.5. The van der Waals surface area contributed by atoms with E-state index in [2.05, 4.69) is 10.6 Å². The van der Waals surface area contributed by atoms with Crippen molar-refractivity contribution in [3.63, 3.8) is 0 Å². The number of nitrogens with one attached hydrogen (secondary N) is 2. The first-order valence-corrected chi connectivity index (χ1v) is 7.32. The van der Waals surface area contributed by atoms with E-state index in [1.165, 1.54) is 0 Å². The zero-order valence-electron chi connectivity index (χ0n) is 12.9. The summed E-state index contributed by atoms with van der Waals surface area (Å²) in [4.78, 5) is 12.0. The van der Waals surface area contributed by atoms with Gasteiger partial charge in [0.15, 0.2) is 0 Å². The fourth-order valence-electron chi connectivity index (χ4n) is 2.05. The molecule has 22 heavy (non-hydrogen) atoms.